The van der Waals surface area contributed by atoms with E-state index in [9.17, 15) is 4.79 Å². The summed E-state index contributed by atoms with van der Waals surface area (Å²) in [7, 11) is 0. The summed E-state index contributed by atoms with van der Waals surface area (Å²) in [5.41, 5.74) is 1.00. The van der Waals surface area contributed by atoms with Crippen LogP contribution in [0.2, 0.25) is 0 Å². The Kier molecular flexibility index (Phi) is 2.79. The number of aliphatic carboxylic acids is 1. The fourth-order valence-corrected chi connectivity index (χ4v) is 2.47. The maximum absolute atomic E-state index is 10.5. The van der Waals surface area contributed by atoms with Crippen LogP contribution in [0.15, 0.2) is 5.38 Å². The lowest BCUT2D eigenvalue weighted by Gasteiger charge is -2.04. The minimum absolute atomic E-state index is 0.0391. The maximum Gasteiger partial charge on any atom is 0.310 e. The van der Waals surface area contributed by atoms with Gasteiger partial charge in [-0.15, -0.1) is 11.3 Å². The maximum atomic E-state index is 10.5. The number of hydrogen-bond donors (Lipinski definition) is 2. The number of carbonyl (C=O) groups is 1. The lowest BCUT2D eigenvalue weighted by Crippen LogP contribution is -2.13. The minimum atomic E-state index is -0.815. The summed E-state index contributed by atoms with van der Waals surface area (Å²) in [6.45, 7) is 1.04. The molecule has 0 saturated carbocycles. The molecule has 2 rings (SSSR count). The highest BCUT2D eigenvalue weighted by atomic mass is 32.1. The van der Waals surface area contributed by atoms with Crippen LogP contribution in [0.3, 0.4) is 0 Å². The molecule has 0 bridgehead atoms. The predicted molar refractivity (Wildman–Crippen MR) is 53.4 cm³/mol. The van der Waals surface area contributed by atoms with E-state index in [0.29, 0.717) is 11.0 Å². The number of carboxylic acids is 1. The molecule has 1 unspecified atom stereocenters. The highest BCUT2D eigenvalue weighted by Crippen LogP contribution is 2.24. The predicted octanol–water partition coefficient (Wildman–Crippen LogP) is 1.19. The third-order valence-corrected chi connectivity index (χ3v) is 3.16. The van der Waals surface area contributed by atoms with Crippen molar-refractivity contribution in [1.29, 1.82) is 0 Å². The minimum Gasteiger partial charge on any atom is -0.481 e. The molecule has 4 nitrogen and oxygen atoms in total. The average Bonchev–Trinajstić information content (AvgIpc) is 2.69. The summed E-state index contributed by atoms with van der Waals surface area (Å²) in [5.74, 6) is -0.815. The Labute approximate surface area is 86.0 Å². The zero-order valence-corrected chi connectivity index (χ0v) is 8.51. The van der Waals surface area contributed by atoms with E-state index in [0.717, 1.165) is 18.7 Å². The van der Waals surface area contributed by atoms with E-state index < -0.39 is 5.97 Å². The van der Waals surface area contributed by atoms with Gasteiger partial charge in [-0.2, -0.15) is 0 Å². The molecule has 2 heterocycles. The molecule has 1 aliphatic rings. The molecular weight excluding hydrogens is 200 g/mol. The second-order valence-corrected chi connectivity index (χ2v) is 4.33. The summed E-state index contributed by atoms with van der Waals surface area (Å²) in [6.07, 6.45) is 2.32. The van der Waals surface area contributed by atoms with E-state index in [-0.39, 0.29) is 6.42 Å². The molecule has 1 atom stereocenters. The molecule has 1 fully saturated rings. The van der Waals surface area contributed by atoms with Gasteiger partial charge in [0.1, 0.15) is 5.01 Å². The summed E-state index contributed by atoms with van der Waals surface area (Å²) >= 11 is 1.43. The molecule has 0 aliphatic carbocycles. The van der Waals surface area contributed by atoms with Crippen LogP contribution >= 0.6 is 11.3 Å². The van der Waals surface area contributed by atoms with Crippen LogP contribution in [0.4, 0.5) is 0 Å². The van der Waals surface area contributed by atoms with Gasteiger partial charge in [0, 0.05) is 5.38 Å². The van der Waals surface area contributed by atoms with Crippen LogP contribution in [-0.4, -0.2) is 22.6 Å². The number of thiazole rings is 1. The largest absolute Gasteiger partial charge is 0.481 e. The Morgan fingerprint density at radius 3 is 3.29 bits per heavy atom. The molecule has 1 aromatic rings. The van der Waals surface area contributed by atoms with Gasteiger partial charge in [-0.1, -0.05) is 0 Å². The van der Waals surface area contributed by atoms with Crippen LogP contribution < -0.4 is 5.32 Å². The number of nitrogens with zero attached hydrogens (tertiary/aromatic N) is 1. The Morgan fingerprint density at radius 1 is 1.79 bits per heavy atom. The second-order valence-electron chi connectivity index (χ2n) is 3.39. The van der Waals surface area contributed by atoms with Crippen molar-refractivity contribution in [2.45, 2.75) is 25.3 Å². The molecule has 14 heavy (non-hydrogen) atoms. The standard InChI is InChI=1S/C9H12N2O2S/c12-9(13)4-8-11-7(5-14-8)6-2-1-3-10-6/h5-6,10H,1-4H2,(H,12,13). The van der Waals surface area contributed by atoms with Crippen LogP contribution in [0.25, 0.3) is 0 Å². The Hall–Kier alpha value is -0.940. The molecule has 1 aromatic heterocycles. The topological polar surface area (TPSA) is 62.2 Å². The van der Waals surface area contributed by atoms with Gasteiger partial charge in [0.05, 0.1) is 18.2 Å². The molecule has 0 spiro atoms. The van der Waals surface area contributed by atoms with Crippen molar-refractivity contribution in [2.75, 3.05) is 6.54 Å². The van der Waals surface area contributed by atoms with Gasteiger partial charge in [0.2, 0.25) is 0 Å². The molecule has 1 saturated heterocycles. The fourth-order valence-electron chi connectivity index (χ4n) is 1.63. The zero-order chi connectivity index (χ0) is 9.97. The molecule has 2 N–H and O–H groups in total. The number of rotatable bonds is 3. The first-order chi connectivity index (χ1) is 6.75. The van der Waals surface area contributed by atoms with E-state index in [1.807, 2.05) is 5.38 Å². The summed E-state index contributed by atoms with van der Waals surface area (Å²) in [6, 6.07) is 0.341. The average molecular weight is 212 g/mol. The molecular formula is C9H12N2O2S. The van der Waals surface area contributed by atoms with Gasteiger partial charge in [0.15, 0.2) is 0 Å². The van der Waals surface area contributed by atoms with Crippen LogP contribution in [0, 0.1) is 0 Å². The SMILES string of the molecule is O=C(O)Cc1nc(C2CCCN2)cs1. The van der Waals surface area contributed by atoms with Crippen molar-refractivity contribution < 1.29 is 9.90 Å². The van der Waals surface area contributed by atoms with Crippen LogP contribution in [-0.2, 0) is 11.2 Å². The molecule has 1 aliphatic heterocycles. The Bertz CT molecular complexity index is 331. The van der Waals surface area contributed by atoms with Crippen molar-refractivity contribution in [2.24, 2.45) is 0 Å². The first-order valence-electron chi connectivity index (χ1n) is 4.65. The molecule has 0 amide bonds. The monoisotopic (exact) mass is 212 g/mol. The lowest BCUT2D eigenvalue weighted by molar-refractivity contribution is -0.136. The Balaban J connectivity index is 2.05. The third kappa shape index (κ3) is 2.10. The quantitative estimate of drug-likeness (QED) is 0.790. The van der Waals surface area contributed by atoms with Gasteiger partial charge < -0.3 is 10.4 Å². The number of hydrogen-bond acceptors (Lipinski definition) is 4. The molecule has 76 valence electrons. The molecule has 0 radical (unpaired) electrons. The van der Waals surface area contributed by atoms with Crippen molar-refractivity contribution in [1.82, 2.24) is 10.3 Å². The van der Waals surface area contributed by atoms with E-state index in [1.165, 1.54) is 17.8 Å². The van der Waals surface area contributed by atoms with E-state index in [2.05, 4.69) is 10.3 Å². The first-order valence-corrected chi connectivity index (χ1v) is 5.53. The number of nitrogens with one attached hydrogen (secondary N) is 1. The Morgan fingerprint density at radius 2 is 2.64 bits per heavy atom. The van der Waals surface area contributed by atoms with Crippen LogP contribution in [0.1, 0.15) is 29.6 Å². The normalized spacial score (nSPS) is 21.3. The smallest absolute Gasteiger partial charge is 0.310 e. The van der Waals surface area contributed by atoms with Gasteiger partial charge >= 0.3 is 5.97 Å². The van der Waals surface area contributed by atoms with Crippen molar-refractivity contribution in [3.8, 4) is 0 Å². The summed E-state index contributed by atoms with van der Waals surface area (Å²) < 4.78 is 0. The van der Waals surface area contributed by atoms with Gasteiger partial charge in [-0.05, 0) is 19.4 Å². The fraction of sp³-hybridized carbons (Fsp3) is 0.556. The third-order valence-electron chi connectivity index (χ3n) is 2.29. The summed E-state index contributed by atoms with van der Waals surface area (Å²) in [4.78, 5) is 14.8. The van der Waals surface area contributed by atoms with Gasteiger partial charge in [-0.25, -0.2) is 4.98 Å². The first kappa shape index (κ1) is 9.61. The van der Waals surface area contributed by atoms with Gasteiger partial charge in [-0.3, -0.25) is 4.79 Å². The molecule has 0 aromatic carbocycles. The second kappa shape index (κ2) is 4.06. The highest BCUT2D eigenvalue weighted by molar-refractivity contribution is 7.09. The van der Waals surface area contributed by atoms with Crippen molar-refractivity contribution >= 4 is 17.3 Å². The van der Waals surface area contributed by atoms with Crippen molar-refractivity contribution in [3.63, 3.8) is 0 Å². The number of aromatic nitrogens is 1. The van der Waals surface area contributed by atoms with E-state index in [1.54, 1.807) is 0 Å². The zero-order valence-electron chi connectivity index (χ0n) is 7.69. The van der Waals surface area contributed by atoms with Crippen molar-refractivity contribution in [3.05, 3.63) is 16.1 Å². The highest BCUT2D eigenvalue weighted by Gasteiger charge is 2.19. The lowest BCUT2D eigenvalue weighted by atomic mass is 10.2. The summed E-state index contributed by atoms with van der Waals surface area (Å²) in [5, 5.41) is 14.6. The molecule has 5 heteroatoms. The van der Waals surface area contributed by atoms with Gasteiger partial charge in [0.25, 0.3) is 0 Å². The van der Waals surface area contributed by atoms with E-state index in [4.69, 9.17) is 5.11 Å². The van der Waals surface area contributed by atoms with Crippen LogP contribution in [0.5, 0.6) is 0 Å². The van der Waals surface area contributed by atoms with E-state index >= 15 is 0 Å². The number of carboxylic acid groups (broad SMARTS) is 1.